The average molecular weight is 314 g/mol. The van der Waals surface area contributed by atoms with E-state index in [2.05, 4.69) is 22.6 Å². The summed E-state index contributed by atoms with van der Waals surface area (Å²) >= 11 is 2.27. The summed E-state index contributed by atoms with van der Waals surface area (Å²) in [6.07, 6.45) is 0.909. The molecule has 0 amide bonds. The van der Waals surface area contributed by atoms with Gasteiger partial charge in [-0.1, -0.05) is 0 Å². The average Bonchev–Trinajstić information content (AvgIpc) is 2.09. The van der Waals surface area contributed by atoms with Crippen molar-refractivity contribution in [3.8, 4) is 5.75 Å². The molecule has 13 heavy (non-hydrogen) atoms. The van der Waals surface area contributed by atoms with Crippen molar-refractivity contribution in [2.24, 2.45) is 5.73 Å². The van der Waals surface area contributed by atoms with E-state index < -0.39 is 0 Å². The van der Waals surface area contributed by atoms with Crippen molar-refractivity contribution in [3.05, 3.63) is 27.8 Å². The van der Waals surface area contributed by atoms with Crippen LogP contribution in [-0.2, 0) is 0 Å². The van der Waals surface area contributed by atoms with Gasteiger partial charge in [0.05, 0.1) is 6.61 Å². The molecule has 1 aromatic rings. The van der Waals surface area contributed by atoms with Crippen LogP contribution >= 0.6 is 35.0 Å². The molecule has 0 heterocycles. The highest BCUT2D eigenvalue weighted by Crippen LogP contribution is 2.13. The van der Waals surface area contributed by atoms with Gasteiger partial charge in [0, 0.05) is 3.57 Å². The van der Waals surface area contributed by atoms with E-state index in [0.717, 1.165) is 12.2 Å². The van der Waals surface area contributed by atoms with Crippen molar-refractivity contribution in [2.45, 2.75) is 6.42 Å². The van der Waals surface area contributed by atoms with Crippen LogP contribution in [-0.4, -0.2) is 13.2 Å². The van der Waals surface area contributed by atoms with Gasteiger partial charge in [-0.15, -0.1) is 12.4 Å². The maximum absolute atomic E-state index is 5.42. The molecule has 0 spiro atoms. The zero-order chi connectivity index (χ0) is 8.81. The molecule has 2 N–H and O–H groups in total. The summed E-state index contributed by atoms with van der Waals surface area (Å²) in [5.41, 5.74) is 5.34. The number of ether oxygens (including phenoxy) is 1. The fraction of sp³-hybridized carbons (Fsp3) is 0.333. The Bertz CT molecular complexity index is 228. The molecule has 0 atom stereocenters. The number of rotatable bonds is 4. The third-order valence-electron chi connectivity index (χ3n) is 1.43. The Morgan fingerprint density at radius 3 is 2.38 bits per heavy atom. The third kappa shape index (κ3) is 5.33. The first-order chi connectivity index (χ1) is 5.83. The summed E-state index contributed by atoms with van der Waals surface area (Å²) < 4.78 is 6.64. The van der Waals surface area contributed by atoms with Gasteiger partial charge in [-0.25, -0.2) is 0 Å². The molecule has 0 saturated carbocycles. The Morgan fingerprint density at radius 2 is 1.85 bits per heavy atom. The van der Waals surface area contributed by atoms with E-state index in [1.807, 2.05) is 24.3 Å². The van der Waals surface area contributed by atoms with E-state index >= 15 is 0 Å². The molecule has 0 fully saturated rings. The molecule has 0 bridgehead atoms. The SMILES string of the molecule is Cl.NCCCOc1ccc(I)cc1. The van der Waals surface area contributed by atoms with Gasteiger partial charge in [0.15, 0.2) is 0 Å². The zero-order valence-electron chi connectivity index (χ0n) is 7.20. The standard InChI is InChI=1S/C9H12INO.ClH/c10-8-2-4-9(5-3-8)12-7-1-6-11;/h2-5H,1,6-7,11H2;1H. The van der Waals surface area contributed by atoms with Gasteiger partial charge in [-0.05, 0) is 59.8 Å². The first kappa shape index (κ1) is 13.0. The molecule has 2 nitrogen and oxygen atoms in total. The molecule has 0 unspecified atom stereocenters. The smallest absolute Gasteiger partial charge is 0.119 e. The van der Waals surface area contributed by atoms with Gasteiger partial charge in [-0.3, -0.25) is 0 Å². The van der Waals surface area contributed by atoms with Crippen LogP contribution in [0.15, 0.2) is 24.3 Å². The minimum Gasteiger partial charge on any atom is -0.494 e. The van der Waals surface area contributed by atoms with Crippen LogP contribution in [0, 0.1) is 3.57 Å². The van der Waals surface area contributed by atoms with Crippen molar-refractivity contribution in [3.63, 3.8) is 0 Å². The maximum Gasteiger partial charge on any atom is 0.119 e. The number of hydrogen-bond donors (Lipinski definition) is 1. The normalized spacial score (nSPS) is 9.08. The predicted molar refractivity (Wildman–Crippen MR) is 65.6 cm³/mol. The summed E-state index contributed by atoms with van der Waals surface area (Å²) in [6, 6.07) is 7.99. The second-order valence-electron chi connectivity index (χ2n) is 2.44. The van der Waals surface area contributed by atoms with Gasteiger partial charge in [0.25, 0.3) is 0 Å². The predicted octanol–water partition coefficient (Wildman–Crippen LogP) is 2.44. The van der Waals surface area contributed by atoms with Gasteiger partial charge < -0.3 is 10.5 Å². The number of halogens is 2. The van der Waals surface area contributed by atoms with Crippen LogP contribution in [0.2, 0.25) is 0 Å². The lowest BCUT2D eigenvalue weighted by Gasteiger charge is -2.04. The highest BCUT2D eigenvalue weighted by Gasteiger charge is 1.91. The van der Waals surface area contributed by atoms with Crippen LogP contribution in [0.1, 0.15) is 6.42 Å². The van der Waals surface area contributed by atoms with Crippen LogP contribution in [0.5, 0.6) is 5.75 Å². The summed E-state index contributed by atoms with van der Waals surface area (Å²) in [5, 5.41) is 0. The van der Waals surface area contributed by atoms with E-state index in [0.29, 0.717) is 13.2 Å². The lowest BCUT2D eigenvalue weighted by molar-refractivity contribution is 0.313. The fourth-order valence-corrected chi connectivity index (χ4v) is 1.16. The highest BCUT2D eigenvalue weighted by atomic mass is 127. The fourth-order valence-electron chi connectivity index (χ4n) is 0.804. The van der Waals surface area contributed by atoms with Crippen LogP contribution in [0.4, 0.5) is 0 Å². The molecule has 1 aromatic carbocycles. The summed E-state index contributed by atoms with van der Waals surface area (Å²) in [4.78, 5) is 0. The van der Waals surface area contributed by atoms with Crippen LogP contribution < -0.4 is 10.5 Å². The van der Waals surface area contributed by atoms with Gasteiger partial charge in [-0.2, -0.15) is 0 Å². The minimum absolute atomic E-state index is 0. The first-order valence-electron chi connectivity index (χ1n) is 3.91. The van der Waals surface area contributed by atoms with Crippen molar-refractivity contribution in [1.82, 2.24) is 0 Å². The third-order valence-corrected chi connectivity index (χ3v) is 2.15. The Balaban J connectivity index is 0.00000144. The van der Waals surface area contributed by atoms with Crippen molar-refractivity contribution in [2.75, 3.05) is 13.2 Å². The van der Waals surface area contributed by atoms with E-state index in [-0.39, 0.29) is 12.4 Å². The molecular weight excluding hydrogens is 300 g/mol. The lowest BCUT2D eigenvalue weighted by Crippen LogP contribution is -2.05. The molecule has 0 aliphatic rings. The quantitative estimate of drug-likeness (QED) is 0.684. The van der Waals surface area contributed by atoms with E-state index in [1.54, 1.807) is 0 Å². The molecular formula is C9H13ClINO. The molecule has 0 aliphatic heterocycles. The number of nitrogens with two attached hydrogens (primary N) is 1. The van der Waals surface area contributed by atoms with Gasteiger partial charge >= 0.3 is 0 Å². The Kier molecular flexibility index (Phi) is 7.41. The van der Waals surface area contributed by atoms with E-state index in [9.17, 15) is 0 Å². The minimum atomic E-state index is 0. The maximum atomic E-state index is 5.42. The van der Waals surface area contributed by atoms with Crippen LogP contribution in [0.3, 0.4) is 0 Å². The monoisotopic (exact) mass is 313 g/mol. The summed E-state index contributed by atoms with van der Waals surface area (Å²) in [5.74, 6) is 0.920. The molecule has 74 valence electrons. The zero-order valence-corrected chi connectivity index (χ0v) is 10.2. The van der Waals surface area contributed by atoms with Gasteiger partial charge in [0.2, 0.25) is 0 Å². The Hall–Kier alpha value is -0.000000000000000111. The molecule has 0 aliphatic carbocycles. The Labute approximate surface area is 98.4 Å². The van der Waals surface area contributed by atoms with Crippen molar-refractivity contribution >= 4 is 35.0 Å². The second-order valence-corrected chi connectivity index (χ2v) is 3.69. The van der Waals surface area contributed by atoms with Gasteiger partial charge in [0.1, 0.15) is 5.75 Å². The summed E-state index contributed by atoms with van der Waals surface area (Å²) in [6.45, 7) is 1.39. The number of hydrogen-bond acceptors (Lipinski definition) is 2. The molecule has 0 aromatic heterocycles. The van der Waals surface area contributed by atoms with Crippen LogP contribution in [0.25, 0.3) is 0 Å². The molecule has 1 rings (SSSR count). The highest BCUT2D eigenvalue weighted by molar-refractivity contribution is 14.1. The van der Waals surface area contributed by atoms with E-state index in [4.69, 9.17) is 10.5 Å². The second kappa shape index (κ2) is 7.41. The topological polar surface area (TPSA) is 35.2 Å². The first-order valence-corrected chi connectivity index (χ1v) is 4.99. The lowest BCUT2D eigenvalue weighted by atomic mass is 10.3. The molecule has 4 heteroatoms. The number of benzene rings is 1. The summed E-state index contributed by atoms with van der Waals surface area (Å²) in [7, 11) is 0. The largest absolute Gasteiger partial charge is 0.494 e. The van der Waals surface area contributed by atoms with E-state index in [1.165, 1.54) is 3.57 Å². The molecule has 0 saturated heterocycles. The Morgan fingerprint density at radius 1 is 1.23 bits per heavy atom. The van der Waals surface area contributed by atoms with Crippen molar-refractivity contribution in [1.29, 1.82) is 0 Å². The van der Waals surface area contributed by atoms with Crippen molar-refractivity contribution < 1.29 is 4.74 Å². The molecule has 0 radical (unpaired) electrons.